The largest absolute Gasteiger partial charge is 0.482 e. The lowest BCUT2D eigenvalue weighted by molar-refractivity contribution is -0.153. The molecular weight excluding hydrogens is 449 g/mol. The molecule has 0 heterocycles. The number of benzene rings is 2. The van der Waals surface area contributed by atoms with E-state index in [9.17, 15) is 18.0 Å². The van der Waals surface area contributed by atoms with E-state index in [1.165, 1.54) is 0 Å². The zero-order valence-corrected chi connectivity index (χ0v) is 18.8. The van der Waals surface area contributed by atoms with Gasteiger partial charge in [-0.2, -0.15) is 13.2 Å². The molecule has 0 aromatic heterocycles. The number of thioether (sulfide) groups is 1. The second kappa shape index (κ2) is 9.33. The highest BCUT2D eigenvalue weighted by Crippen LogP contribution is 2.65. The summed E-state index contributed by atoms with van der Waals surface area (Å²) in [5.74, 6) is -0.704. The lowest BCUT2D eigenvalue weighted by Crippen LogP contribution is -2.19. The number of carboxylic acid groups (broad SMARTS) is 1. The fraction of sp³-hybridized carbons (Fsp3) is 0.435. The van der Waals surface area contributed by atoms with Crippen LogP contribution < -0.4 is 4.74 Å². The van der Waals surface area contributed by atoms with E-state index in [1.54, 1.807) is 17.8 Å². The van der Waals surface area contributed by atoms with Crippen LogP contribution in [0.15, 0.2) is 41.3 Å². The standard InChI is InChI=1S/C23H24ClF3O3S/c1-3-22(9-8-20(28)29)12-18(22)15-10-17(14-4-6-16(31-2)7-5-14)21(19(24)11-15)30-13-23(25,26)27/h4-7,10-11,18H,3,8-9,12-13H2,1-2H3,(H,28,29). The fourth-order valence-corrected chi connectivity index (χ4v) is 4.81. The van der Waals surface area contributed by atoms with Gasteiger partial charge < -0.3 is 9.84 Å². The maximum Gasteiger partial charge on any atom is 0.422 e. The number of aliphatic carboxylic acids is 1. The third kappa shape index (κ3) is 5.69. The number of carbonyl (C=O) groups is 1. The van der Waals surface area contributed by atoms with Gasteiger partial charge in [-0.25, -0.2) is 0 Å². The first kappa shape index (κ1) is 23.8. The number of carboxylic acids is 1. The van der Waals surface area contributed by atoms with Gasteiger partial charge in [0, 0.05) is 16.9 Å². The van der Waals surface area contributed by atoms with Gasteiger partial charge in [0.1, 0.15) is 5.75 Å². The SMILES string of the molecule is CCC1(CCC(=O)O)CC1c1cc(Cl)c(OCC(F)(F)F)c(-c2ccc(SC)cc2)c1. The van der Waals surface area contributed by atoms with E-state index in [-0.39, 0.29) is 28.5 Å². The van der Waals surface area contributed by atoms with Crippen molar-refractivity contribution < 1.29 is 27.8 Å². The quantitative estimate of drug-likeness (QED) is 0.386. The molecule has 0 radical (unpaired) electrons. The lowest BCUT2D eigenvalue weighted by atomic mass is 9.90. The summed E-state index contributed by atoms with van der Waals surface area (Å²) in [4.78, 5) is 12.1. The molecule has 0 aliphatic heterocycles. The lowest BCUT2D eigenvalue weighted by Gasteiger charge is -2.19. The number of hydrogen-bond donors (Lipinski definition) is 1. The predicted octanol–water partition coefficient (Wildman–Crippen LogP) is 7.42. The molecule has 1 saturated carbocycles. The van der Waals surface area contributed by atoms with Crippen LogP contribution in [0.25, 0.3) is 11.1 Å². The molecule has 3 rings (SSSR count). The predicted molar refractivity (Wildman–Crippen MR) is 117 cm³/mol. The minimum atomic E-state index is -4.48. The van der Waals surface area contributed by atoms with E-state index < -0.39 is 18.8 Å². The molecule has 31 heavy (non-hydrogen) atoms. The molecule has 0 bridgehead atoms. The molecular formula is C23H24ClF3O3S. The van der Waals surface area contributed by atoms with E-state index in [4.69, 9.17) is 21.4 Å². The minimum absolute atomic E-state index is 0.00734. The van der Waals surface area contributed by atoms with Gasteiger partial charge in [-0.1, -0.05) is 30.7 Å². The van der Waals surface area contributed by atoms with Crippen LogP contribution in [0.4, 0.5) is 13.2 Å². The molecule has 0 spiro atoms. The van der Waals surface area contributed by atoms with Gasteiger partial charge in [0.25, 0.3) is 0 Å². The first-order valence-corrected chi connectivity index (χ1v) is 11.6. The van der Waals surface area contributed by atoms with Gasteiger partial charge in [0.2, 0.25) is 0 Å². The van der Waals surface area contributed by atoms with Gasteiger partial charge in [0.15, 0.2) is 6.61 Å². The Hall–Kier alpha value is -1.86. The maximum absolute atomic E-state index is 12.8. The summed E-state index contributed by atoms with van der Waals surface area (Å²) in [6, 6.07) is 11.0. The zero-order chi connectivity index (χ0) is 22.8. The Balaban J connectivity index is 1.99. The van der Waals surface area contributed by atoms with Crippen molar-refractivity contribution in [3.63, 3.8) is 0 Å². The third-order valence-corrected chi connectivity index (χ3v) is 7.00. The van der Waals surface area contributed by atoms with Crippen molar-refractivity contribution in [2.24, 2.45) is 5.41 Å². The molecule has 1 aliphatic rings. The van der Waals surface area contributed by atoms with Crippen LogP contribution in [-0.2, 0) is 4.79 Å². The highest BCUT2D eigenvalue weighted by Gasteiger charge is 2.53. The first-order valence-electron chi connectivity index (χ1n) is 9.98. The molecule has 2 unspecified atom stereocenters. The van der Waals surface area contributed by atoms with Crippen LogP contribution in [0.2, 0.25) is 5.02 Å². The summed E-state index contributed by atoms with van der Waals surface area (Å²) >= 11 is 7.99. The van der Waals surface area contributed by atoms with Gasteiger partial charge in [0.05, 0.1) is 5.02 Å². The van der Waals surface area contributed by atoms with E-state index in [0.29, 0.717) is 17.5 Å². The summed E-state index contributed by atoms with van der Waals surface area (Å²) in [5, 5.41) is 9.19. The number of hydrogen-bond acceptors (Lipinski definition) is 3. The highest BCUT2D eigenvalue weighted by atomic mass is 35.5. The van der Waals surface area contributed by atoms with Crippen LogP contribution >= 0.6 is 23.4 Å². The third-order valence-electron chi connectivity index (χ3n) is 5.98. The number of rotatable bonds is 9. The number of ether oxygens (including phenoxy) is 1. The molecule has 8 heteroatoms. The monoisotopic (exact) mass is 472 g/mol. The van der Waals surface area contributed by atoms with E-state index >= 15 is 0 Å². The Bertz CT molecular complexity index is 946. The molecule has 0 amide bonds. The molecule has 2 aromatic carbocycles. The average molecular weight is 473 g/mol. The Labute approximate surface area is 188 Å². The van der Waals surface area contributed by atoms with Gasteiger partial charge in [-0.3, -0.25) is 4.79 Å². The topological polar surface area (TPSA) is 46.5 Å². The molecule has 168 valence electrons. The second-order valence-electron chi connectivity index (χ2n) is 7.88. The summed E-state index contributed by atoms with van der Waals surface area (Å²) in [6.45, 7) is 0.606. The summed E-state index contributed by atoms with van der Waals surface area (Å²) in [7, 11) is 0. The number of halogens is 4. The summed E-state index contributed by atoms with van der Waals surface area (Å²) in [6.07, 6.45) is -0.224. The smallest absolute Gasteiger partial charge is 0.422 e. The van der Waals surface area contributed by atoms with Crippen LogP contribution in [-0.4, -0.2) is 30.1 Å². The molecule has 1 fully saturated rings. The van der Waals surface area contributed by atoms with E-state index in [1.807, 2.05) is 43.5 Å². The maximum atomic E-state index is 12.8. The Morgan fingerprint density at radius 3 is 2.52 bits per heavy atom. The molecule has 3 nitrogen and oxygen atoms in total. The van der Waals surface area contributed by atoms with Crippen LogP contribution in [0, 0.1) is 5.41 Å². The van der Waals surface area contributed by atoms with Crippen molar-refractivity contribution in [2.45, 2.75) is 49.6 Å². The van der Waals surface area contributed by atoms with Crippen molar-refractivity contribution >= 4 is 29.3 Å². The molecule has 1 N–H and O–H groups in total. The molecule has 1 aliphatic carbocycles. The normalized spacial score (nSPS) is 20.5. The molecule has 2 aromatic rings. The van der Waals surface area contributed by atoms with Crippen molar-refractivity contribution in [1.82, 2.24) is 0 Å². The van der Waals surface area contributed by atoms with E-state index in [2.05, 4.69) is 0 Å². The van der Waals surface area contributed by atoms with E-state index in [0.717, 1.165) is 23.3 Å². The first-order chi connectivity index (χ1) is 14.6. The average Bonchev–Trinajstić information content (AvgIpc) is 3.45. The van der Waals surface area contributed by atoms with Crippen molar-refractivity contribution in [2.75, 3.05) is 12.9 Å². The van der Waals surface area contributed by atoms with Crippen LogP contribution in [0.5, 0.6) is 5.75 Å². The summed E-state index contributed by atoms with van der Waals surface area (Å²) in [5.41, 5.74) is 2.01. The van der Waals surface area contributed by atoms with Crippen LogP contribution in [0.3, 0.4) is 0 Å². The zero-order valence-electron chi connectivity index (χ0n) is 17.3. The van der Waals surface area contributed by atoms with Crippen molar-refractivity contribution in [3.8, 4) is 16.9 Å². The number of alkyl halides is 3. The van der Waals surface area contributed by atoms with Crippen LogP contribution in [0.1, 0.15) is 44.1 Å². The second-order valence-corrected chi connectivity index (χ2v) is 9.16. The highest BCUT2D eigenvalue weighted by molar-refractivity contribution is 7.98. The Morgan fingerprint density at radius 2 is 1.97 bits per heavy atom. The van der Waals surface area contributed by atoms with Gasteiger partial charge in [-0.05, 0) is 72.2 Å². The summed E-state index contributed by atoms with van der Waals surface area (Å²) < 4.78 is 43.5. The Kier molecular flexibility index (Phi) is 7.16. The van der Waals surface area contributed by atoms with Gasteiger partial charge >= 0.3 is 12.1 Å². The molecule has 2 atom stereocenters. The van der Waals surface area contributed by atoms with Gasteiger partial charge in [-0.15, -0.1) is 11.8 Å². The minimum Gasteiger partial charge on any atom is -0.482 e. The van der Waals surface area contributed by atoms with Crippen molar-refractivity contribution in [3.05, 3.63) is 47.0 Å². The molecule has 0 saturated heterocycles. The Morgan fingerprint density at radius 1 is 1.29 bits per heavy atom. The van der Waals surface area contributed by atoms with Crippen molar-refractivity contribution in [1.29, 1.82) is 0 Å². The fourth-order valence-electron chi connectivity index (χ4n) is 4.12.